The lowest BCUT2D eigenvalue weighted by atomic mass is 10.2. The molecule has 14 heavy (non-hydrogen) atoms. The van der Waals surface area contributed by atoms with Crippen LogP contribution in [0, 0.1) is 0 Å². The molecule has 0 saturated heterocycles. The molecule has 1 atom stereocenters. The Kier molecular flexibility index (Phi) is 3.94. The minimum atomic E-state index is -1.14. The second kappa shape index (κ2) is 5.24. The molecule has 0 heterocycles. The van der Waals surface area contributed by atoms with Gasteiger partial charge in [-0.15, -0.1) is 0 Å². The highest BCUT2D eigenvalue weighted by atomic mass is 16.8. The fourth-order valence-electron chi connectivity index (χ4n) is 0.890. The van der Waals surface area contributed by atoms with Crippen molar-refractivity contribution in [2.75, 3.05) is 0 Å². The van der Waals surface area contributed by atoms with Gasteiger partial charge in [-0.25, -0.2) is 4.79 Å². The van der Waals surface area contributed by atoms with E-state index in [1.807, 2.05) is 30.3 Å². The molecule has 1 N–H and O–H groups in total. The molecule has 1 rings (SSSR count). The first-order valence-electron chi connectivity index (χ1n) is 4.24. The van der Waals surface area contributed by atoms with E-state index in [1.54, 1.807) is 0 Å². The maximum absolute atomic E-state index is 10.8. The van der Waals surface area contributed by atoms with Crippen molar-refractivity contribution < 1.29 is 19.4 Å². The molecular weight excluding hydrogens is 184 g/mol. The van der Waals surface area contributed by atoms with Crippen molar-refractivity contribution in [2.45, 2.75) is 19.8 Å². The van der Waals surface area contributed by atoms with Crippen LogP contribution in [0.1, 0.15) is 12.5 Å². The molecule has 0 aliphatic carbocycles. The Labute approximate surface area is 82.1 Å². The van der Waals surface area contributed by atoms with Gasteiger partial charge in [-0.05, 0) is 12.5 Å². The van der Waals surface area contributed by atoms with Crippen LogP contribution < -0.4 is 0 Å². The molecule has 0 saturated carbocycles. The average Bonchev–Trinajstić information content (AvgIpc) is 2.15. The molecule has 4 heteroatoms. The molecular formula is C10H12O4. The summed E-state index contributed by atoms with van der Waals surface area (Å²) in [5.41, 5.74) is 0.870. The second-order valence-corrected chi connectivity index (χ2v) is 2.74. The van der Waals surface area contributed by atoms with Crippen molar-refractivity contribution in [1.82, 2.24) is 0 Å². The molecule has 4 nitrogen and oxygen atoms in total. The van der Waals surface area contributed by atoms with Gasteiger partial charge in [-0.2, -0.15) is 0 Å². The van der Waals surface area contributed by atoms with Crippen LogP contribution in [0.3, 0.4) is 0 Å². The number of ether oxygens (including phenoxy) is 2. The molecule has 0 fully saturated rings. The van der Waals surface area contributed by atoms with E-state index in [0.29, 0.717) is 0 Å². The Morgan fingerprint density at radius 2 is 2.07 bits per heavy atom. The molecule has 0 aromatic heterocycles. The Bertz CT molecular complexity index is 281. The van der Waals surface area contributed by atoms with Crippen LogP contribution in [-0.2, 0) is 16.1 Å². The highest BCUT2D eigenvalue weighted by Gasteiger charge is 2.06. The molecule has 1 aromatic carbocycles. The highest BCUT2D eigenvalue weighted by molar-refractivity contribution is 5.59. The summed E-state index contributed by atoms with van der Waals surface area (Å²) in [6.07, 6.45) is -2.01. The lowest BCUT2D eigenvalue weighted by molar-refractivity contribution is -0.0701. The first-order chi connectivity index (χ1) is 6.68. The lowest BCUT2D eigenvalue weighted by Gasteiger charge is -2.07. The zero-order chi connectivity index (χ0) is 10.4. The third kappa shape index (κ3) is 3.91. The SMILES string of the molecule is CC(O)OC(=O)OCc1ccccc1. The predicted octanol–water partition coefficient (Wildman–Crippen LogP) is 1.68. The normalized spacial score (nSPS) is 11.9. The Hall–Kier alpha value is -1.55. The molecule has 0 radical (unpaired) electrons. The third-order valence-corrected chi connectivity index (χ3v) is 1.47. The number of aliphatic hydroxyl groups excluding tert-OH is 1. The van der Waals surface area contributed by atoms with Gasteiger partial charge in [0.1, 0.15) is 6.61 Å². The second-order valence-electron chi connectivity index (χ2n) is 2.74. The summed E-state index contributed by atoms with van der Waals surface area (Å²) in [4.78, 5) is 10.8. The zero-order valence-electron chi connectivity index (χ0n) is 7.84. The molecule has 0 aliphatic rings. The molecule has 0 spiro atoms. The van der Waals surface area contributed by atoms with E-state index in [4.69, 9.17) is 9.84 Å². The molecule has 76 valence electrons. The number of carbonyl (C=O) groups excluding carboxylic acids is 1. The summed E-state index contributed by atoms with van der Waals surface area (Å²) in [5.74, 6) is 0. The lowest BCUT2D eigenvalue weighted by Crippen LogP contribution is -2.14. The van der Waals surface area contributed by atoms with Crippen molar-refractivity contribution in [3.8, 4) is 0 Å². The van der Waals surface area contributed by atoms with Gasteiger partial charge in [0.15, 0.2) is 0 Å². The fraction of sp³-hybridized carbons (Fsp3) is 0.300. The topological polar surface area (TPSA) is 55.8 Å². The zero-order valence-corrected chi connectivity index (χ0v) is 7.84. The van der Waals surface area contributed by atoms with Crippen LogP contribution in [0.4, 0.5) is 4.79 Å². The number of aliphatic hydroxyl groups is 1. The minimum Gasteiger partial charge on any atom is -0.429 e. The van der Waals surface area contributed by atoms with Crippen molar-refractivity contribution >= 4 is 6.16 Å². The Balaban J connectivity index is 2.31. The summed E-state index contributed by atoms with van der Waals surface area (Å²) in [7, 11) is 0. The van der Waals surface area contributed by atoms with Crippen molar-refractivity contribution in [3.05, 3.63) is 35.9 Å². The van der Waals surface area contributed by atoms with E-state index < -0.39 is 12.4 Å². The van der Waals surface area contributed by atoms with E-state index in [9.17, 15) is 4.79 Å². The van der Waals surface area contributed by atoms with Crippen LogP contribution in [0.2, 0.25) is 0 Å². The van der Waals surface area contributed by atoms with Gasteiger partial charge in [0.25, 0.3) is 0 Å². The van der Waals surface area contributed by atoms with E-state index in [0.717, 1.165) is 5.56 Å². The third-order valence-electron chi connectivity index (χ3n) is 1.47. The van der Waals surface area contributed by atoms with Crippen LogP contribution in [0.15, 0.2) is 30.3 Å². The average molecular weight is 196 g/mol. The van der Waals surface area contributed by atoms with Gasteiger partial charge in [0.2, 0.25) is 6.29 Å². The summed E-state index contributed by atoms with van der Waals surface area (Å²) in [5, 5.41) is 8.70. The Morgan fingerprint density at radius 3 is 2.64 bits per heavy atom. The van der Waals surface area contributed by atoms with Gasteiger partial charge in [0, 0.05) is 0 Å². The molecule has 1 aromatic rings. The van der Waals surface area contributed by atoms with Gasteiger partial charge in [-0.3, -0.25) is 0 Å². The van der Waals surface area contributed by atoms with Crippen molar-refractivity contribution in [1.29, 1.82) is 0 Å². The standard InChI is InChI=1S/C10H12O4/c1-8(11)14-10(12)13-7-9-5-3-2-4-6-9/h2-6,8,11H,7H2,1H3. The van der Waals surface area contributed by atoms with Crippen LogP contribution in [-0.4, -0.2) is 17.6 Å². The van der Waals surface area contributed by atoms with E-state index in [1.165, 1.54) is 6.92 Å². The number of hydrogen-bond acceptors (Lipinski definition) is 4. The first kappa shape index (κ1) is 10.5. The van der Waals surface area contributed by atoms with Crippen LogP contribution >= 0.6 is 0 Å². The van der Waals surface area contributed by atoms with Gasteiger partial charge < -0.3 is 14.6 Å². The smallest absolute Gasteiger partial charge is 0.429 e. The summed E-state index contributed by atoms with van der Waals surface area (Å²) in [6, 6.07) is 9.22. The van der Waals surface area contributed by atoms with Crippen LogP contribution in [0.25, 0.3) is 0 Å². The highest BCUT2D eigenvalue weighted by Crippen LogP contribution is 2.01. The quantitative estimate of drug-likeness (QED) is 0.590. The van der Waals surface area contributed by atoms with Gasteiger partial charge in [-0.1, -0.05) is 30.3 Å². The van der Waals surface area contributed by atoms with Gasteiger partial charge >= 0.3 is 6.16 Å². The monoisotopic (exact) mass is 196 g/mol. The molecule has 0 aliphatic heterocycles. The summed E-state index contributed by atoms with van der Waals surface area (Å²) < 4.78 is 9.08. The number of hydrogen-bond donors (Lipinski definition) is 1. The summed E-state index contributed by atoms with van der Waals surface area (Å²) in [6.45, 7) is 1.48. The number of carbonyl (C=O) groups is 1. The minimum absolute atomic E-state index is 0.145. The number of benzene rings is 1. The molecule has 0 amide bonds. The van der Waals surface area contributed by atoms with Gasteiger partial charge in [0.05, 0.1) is 0 Å². The largest absolute Gasteiger partial charge is 0.510 e. The molecule has 1 unspecified atom stereocenters. The van der Waals surface area contributed by atoms with E-state index >= 15 is 0 Å². The first-order valence-corrected chi connectivity index (χ1v) is 4.24. The van der Waals surface area contributed by atoms with Crippen LogP contribution in [0.5, 0.6) is 0 Å². The number of rotatable bonds is 3. The van der Waals surface area contributed by atoms with Crippen molar-refractivity contribution in [3.63, 3.8) is 0 Å². The summed E-state index contributed by atoms with van der Waals surface area (Å²) >= 11 is 0. The molecule has 0 bridgehead atoms. The van der Waals surface area contributed by atoms with E-state index in [-0.39, 0.29) is 6.61 Å². The van der Waals surface area contributed by atoms with E-state index in [2.05, 4.69) is 4.74 Å². The Morgan fingerprint density at radius 1 is 1.43 bits per heavy atom. The predicted molar refractivity (Wildman–Crippen MR) is 49.4 cm³/mol. The van der Waals surface area contributed by atoms with Crippen molar-refractivity contribution in [2.24, 2.45) is 0 Å². The maximum atomic E-state index is 10.8. The fourth-order valence-corrected chi connectivity index (χ4v) is 0.890. The maximum Gasteiger partial charge on any atom is 0.510 e.